The summed E-state index contributed by atoms with van der Waals surface area (Å²) < 4.78 is 4.79. The molecule has 4 aromatic rings. The molecule has 4 rings (SSSR count). The molecule has 0 unspecified atom stereocenters. The topological polar surface area (TPSA) is 61.8 Å². The highest BCUT2D eigenvalue weighted by Gasteiger charge is 2.21. The molecule has 0 saturated heterocycles. The highest BCUT2D eigenvalue weighted by Crippen LogP contribution is 2.24. The number of aryl methyl sites for hydroxylation is 1. The van der Waals surface area contributed by atoms with Crippen LogP contribution in [-0.2, 0) is 20.1 Å². The van der Waals surface area contributed by atoms with Gasteiger partial charge in [0.05, 0.1) is 13.1 Å². The lowest BCUT2D eigenvalue weighted by molar-refractivity contribution is 0.651. The average Bonchev–Trinajstić information content (AvgIpc) is 3.18. The van der Waals surface area contributed by atoms with E-state index in [1.807, 2.05) is 65.2 Å². The SMILES string of the molecule is CCCCCSc1nc2c(c(=O)n(Cc3ccccc3)c(=O)n2C)n1Cc1ccccc1. The van der Waals surface area contributed by atoms with Gasteiger partial charge < -0.3 is 4.57 Å². The van der Waals surface area contributed by atoms with Crippen molar-refractivity contribution in [3.63, 3.8) is 0 Å². The minimum atomic E-state index is -0.349. The van der Waals surface area contributed by atoms with Gasteiger partial charge in [-0.25, -0.2) is 9.78 Å². The summed E-state index contributed by atoms with van der Waals surface area (Å²) in [6.45, 7) is 2.95. The predicted molar refractivity (Wildman–Crippen MR) is 131 cm³/mol. The summed E-state index contributed by atoms with van der Waals surface area (Å²) in [5, 5.41) is 0.782. The van der Waals surface area contributed by atoms with Crippen molar-refractivity contribution >= 4 is 22.9 Å². The summed E-state index contributed by atoms with van der Waals surface area (Å²) in [6, 6.07) is 19.6. The van der Waals surface area contributed by atoms with Gasteiger partial charge in [0.15, 0.2) is 16.3 Å². The molecule has 6 nitrogen and oxygen atoms in total. The molecule has 7 heteroatoms. The van der Waals surface area contributed by atoms with Crippen LogP contribution in [0, 0.1) is 0 Å². The first-order valence-electron chi connectivity index (χ1n) is 11.0. The van der Waals surface area contributed by atoms with Crippen LogP contribution < -0.4 is 11.2 Å². The smallest absolute Gasteiger partial charge is 0.309 e. The zero-order chi connectivity index (χ0) is 22.5. The Morgan fingerprint density at radius 3 is 2.03 bits per heavy atom. The van der Waals surface area contributed by atoms with Gasteiger partial charge in [-0.2, -0.15) is 0 Å². The molecule has 0 radical (unpaired) electrons. The highest BCUT2D eigenvalue weighted by molar-refractivity contribution is 7.99. The zero-order valence-corrected chi connectivity index (χ0v) is 19.3. The van der Waals surface area contributed by atoms with E-state index in [9.17, 15) is 9.59 Å². The monoisotopic (exact) mass is 448 g/mol. The third-order valence-corrected chi connectivity index (χ3v) is 6.61. The molecule has 0 amide bonds. The van der Waals surface area contributed by atoms with Crippen LogP contribution in [0.1, 0.15) is 37.3 Å². The number of nitrogens with zero attached hydrogens (tertiary/aromatic N) is 4. The normalized spacial score (nSPS) is 11.3. The lowest BCUT2D eigenvalue weighted by Gasteiger charge is -2.11. The maximum Gasteiger partial charge on any atom is 0.332 e. The van der Waals surface area contributed by atoms with Crippen LogP contribution in [-0.4, -0.2) is 24.4 Å². The van der Waals surface area contributed by atoms with E-state index < -0.39 is 0 Å². The fraction of sp³-hybridized carbons (Fsp3) is 0.320. The van der Waals surface area contributed by atoms with Crippen LogP contribution in [0.3, 0.4) is 0 Å². The van der Waals surface area contributed by atoms with Gasteiger partial charge >= 0.3 is 5.69 Å². The van der Waals surface area contributed by atoms with Gasteiger partial charge in [0.25, 0.3) is 5.56 Å². The maximum atomic E-state index is 13.6. The number of hydrogen-bond donors (Lipinski definition) is 0. The average molecular weight is 449 g/mol. The van der Waals surface area contributed by atoms with Crippen LogP contribution in [0.15, 0.2) is 75.4 Å². The number of aromatic nitrogens is 4. The van der Waals surface area contributed by atoms with E-state index in [2.05, 4.69) is 6.92 Å². The van der Waals surface area contributed by atoms with Crippen molar-refractivity contribution in [2.75, 3.05) is 5.75 Å². The largest absolute Gasteiger partial charge is 0.332 e. The van der Waals surface area contributed by atoms with E-state index in [1.54, 1.807) is 18.8 Å². The number of rotatable bonds is 9. The van der Waals surface area contributed by atoms with Crippen LogP contribution in [0.4, 0.5) is 0 Å². The molecule has 0 aliphatic rings. The van der Waals surface area contributed by atoms with Gasteiger partial charge in [0, 0.05) is 12.8 Å². The molecule has 0 saturated carbocycles. The molecule has 0 spiro atoms. The molecule has 0 atom stereocenters. The number of imidazole rings is 1. The molecule has 2 aromatic carbocycles. The number of thioether (sulfide) groups is 1. The molecule has 166 valence electrons. The fourth-order valence-electron chi connectivity index (χ4n) is 3.80. The van der Waals surface area contributed by atoms with Gasteiger partial charge in [-0.3, -0.25) is 13.9 Å². The molecular weight excluding hydrogens is 420 g/mol. The summed E-state index contributed by atoms with van der Waals surface area (Å²) in [5.41, 5.74) is 2.27. The first kappa shape index (κ1) is 22.1. The van der Waals surface area contributed by atoms with Crippen molar-refractivity contribution in [1.29, 1.82) is 0 Å². The van der Waals surface area contributed by atoms with Gasteiger partial charge in [0.2, 0.25) is 0 Å². The fourth-order valence-corrected chi connectivity index (χ4v) is 4.79. The number of hydrogen-bond acceptors (Lipinski definition) is 4. The number of fused-ring (bicyclic) bond motifs is 1. The second-order valence-corrected chi connectivity index (χ2v) is 8.97. The Bertz CT molecular complexity index is 1310. The third-order valence-electron chi connectivity index (χ3n) is 5.54. The van der Waals surface area contributed by atoms with Crippen molar-refractivity contribution in [1.82, 2.24) is 18.7 Å². The van der Waals surface area contributed by atoms with Gasteiger partial charge in [0.1, 0.15) is 0 Å². The standard InChI is InChI=1S/C25H28N4O2S/c1-3-4-11-16-32-24-26-22-21(28(24)17-19-12-7-5-8-13-19)23(30)29(25(31)27(22)2)18-20-14-9-6-10-15-20/h5-10,12-15H,3-4,11,16-18H2,1-2H3. The Kier molecular flexibility index (Phi) is 6.95. The first-order chi connectivity index (χ1) is 15.6. The lowest BCUT2D eigenvalue weighted by Crippen LogP contribution is -2.40. The van der Waals surface area contributed by atoms with Crippen molar-refractivity contribution < 1.29 is 0 Å². The molecule has 0 fully saturated rings. The van der Waals surface area contributed by atoms with E-state index in [-0.39, 0.29) is 17.8 Å². The Labute approximate surface area is 191 Å². The third kappa shape index (κ3) is 4.58. The molecule has 0 N–H and O–H groups in total. The van der Waals surface area contributed by atoms with Crippen molar-refractivity contribution in [2.45, 2.75) is 44.4 Å². The molecule has 0 aliphatic heterocycles. The Morgan fingerprint density at radius 1 is 0.844 bits per heavy atom. The maximum absolute atomic E-state index is 13.6. The first-order valence-corrected chi connectivity index (χ1v) is 12.0. The van der Waals surface area contributed by atoms with E-state index in [0.29, 0.717) is 17.7 Å². The van der Waals surface area contributed by atoms with Crippen LogP contribution in [0.25, 0.3) is 11.2 Å². The van der Waals surface area contributed by atoms with Crippen molar-refractivity contribution in [3.8, 4) is 0 Å². The second-order valence-electron chi connectivity index (χ2n) is 7.91. The molecule has 32 heavy (non-hydrogen) atoms. The molecule has 0 aliphatic carbocycles. The van der Waals surface area contributed by atoms with E-state index >= 15 is 0 Å². The number of benzene rings is 2. The second kappa shape index (κ2) is 10.0. The van der Waals surface area contributed by atoms with Crippen molar-refractivity contribution in [2.24, 2.45) is 7.05 Å². The summed E-state index contributed by atoms with van der Waals surface area (Å²) in [4.78, 5) is 31.4. The summed E-state index contributed by atoms with van der Waals surface area (Å²) >= 11 is 1.65. The minimum absolute atomic E-state index is 0.234. The minimum Gasteiger partial charge on any atom is -0.309 e. The Hall–Kier alpha value is -3.06. The summed E-state index contributed by atoms with van der Waals surface area (Å²) in [7, 11) is 1.69. The lowest BCUT2D eigenvalue weighted by atomic mass is 10.2. The number of unbranched alkanes of at least 4 members (excludes halogenated alkanes) is 2. The quantitative estimate of drug-likeness (QED) is 0.283. The highest BCUT2D eigenvalue weighted by atomic mass is 32.2. The van der Waals surface area contributed by atoms with Gasteiger partial charge in [-0.15, -0.1) is 0 Å². The molecule has 2 aromatic heterocycles. The Balaban J connectivity index is 1.85. The van der Waals surface area contributed by atoms with Crippen LogP contribution in [0.2, 0.25) is 0 Å². The van der Waals surface area contributed by atoms with Crippen molar-refractivity contribution in [3.05, 3.63) is 92.6 Å². The Morgan fingerprint density at radius 2 is 1.44 bits per heavy atom. The van der Waals surface area contributed by atoms with E-state index in [4.69, 9.17) is 4.98 Å². The van der Waals surface area contributed by atoms with Gasteiger partial charge in [-0.05, 0) is 17.5 Å². The predicted octanol–water partition coefficient (Wildman–Crippen LogP) is 4.28. The van der Waals surface area contributed by atoms with E-state index in [1.165, 1.54) is 9.13 Å². The molecular formula is C25H28N4O2S. The summed E-state index contributed by atoms with van der Waals surface area (Å²) in [5.74, 6) is 0.929. The summed E-state index contributed by atoms with van der Waals surface area (Å²) in [6.07, 6.45) is 3.40. The van der Waals surface area contributed by atoms with Gasteiger partial charge in [-0.1, -0.05) is 92.2 Å². The van der Waals surface area contributed by atoms with E-state index in [0.717, 1.165) is 41.3 Å². The molecule has 0 bridgehead atoms. The van der Waals surface area contributed by atoms with Crippen LogP contribution >= 0.6 is 11.8 Å². The zero-order valence-electron chi connectivity index (χ0n) is 18.5. The van der Waals surface area contributed by atoms with Crippen LogP contribution in [0.5, 0.6) is 0 Å². The molecule has 2 heterocycles.